The average molecular weight is 474 g/mol. The Hall–Kier alpha value is -3.15. The van der Waals surface area contributed by atoms with Crippen molar-refractivity contribution in [3.05, 3.63) is 83.4 Å². The Balaban J connectivity index is 1.29. The van der Waals surface area contributed by atoms with E-state index in [1.165, 1.54) is 5.56 Å². The van der Waals surface area contributed by atoms with Gasteiger partial charge >= 0.3 is 0 Å². The largest absolute Gasteiger partial charge is 0.493 e. The number of nitrogens with zero attached hydrogens (tertiary/aromatic N) is 1. The van der Waals surface area contributed by atoms with Gasteiger partial charge in [-0.2, -0.15) is 0 Å². The van der Waals surface area contributed by atoms with Crippen molar-refractivity contribution in [1.29, 1.82) is 0 Å². The van der Waals surface area contributed by atoms with E-state index in [0.29, 0.717) is 13.0 Å². The fraction of sp³-hybridized carbons (Fsp3) is 0.367. The Morgan fingerprint density at radius 2 is 1.71 bits per heavy atom. The molecule has 184 valence electrons. The Bertz CT molecular complexity index is 1100. The quantitative estimate of drug-likeness (QED) is 0.340. The SMILES string of the molecule is COc1cc(-c2ccc(CCCC(=O)c3cccc(C)c3)cc2)ccc1OCCN1CCOCC1. The first-order valence-electron chi connectivity index (χ1n) is 12.4. The molecule has 1 aliphatic rings. The predicted octanol–water partition coefficient (Wildman–Crippen LogP) is 5.59. The lowest BCUT2D eigenvalue weighted by Gasteiger charge is -2.26. The first-order chi connectivity index (χ1) is 17.1. The number of benzene rings is 3. The van der Waals surface area contributed by atoms with E-state index >= 15 is 0 Å². The lowest BCUT2D eigenvalue weighted by molar-refractivity contribution is 0.0321. The Labute approximate surface area is 208 Å². The van der Waals surface area contributed by atoms with E-state index in [1.807, 2.05) is 43.3 Å². The number of morpholine rings is 1. The molecular weight excluding hydrogens is 438 g/mol. The summed E-state index contributed by atoms with van der Waals surface area (Å²) in [5.41, 5.74) is 5.38. The van der Waals surface area contributed by atoms with Gasteiger partial charge in [-0.25, -0.2) is 0 Å². The van der Waals surface area contributed by atoms with E-state index in [2.05, 4.69) is 35.2 Å². The first-order valence-corrected chi connectivity index (χ1v) is 12.4. The van der Waals surface area contributed by atoms with Crippen LogP contribution in [0.25, 0.3) is 11.1 Å². The van der Waals surface area contributed by atoms with Crippen molar-refractivity contribution >= 4 is 5.78 Å². The summed E-state index contributed by atoms with van der Waals surface area (Å²) in [6.07, 6.45) is 2.29. The van der Waals surface area contributed by atoms with Crippen LogP contribution in [0.5, 0.6) is 11.5 Å². The first kappa shape index (κ1) is 25.0. The highest BCUT2D eigenvalue weighted by Crippen LogP contribution is 2.32. The number of ether oxygens (including phenoxy) is 3. The molecule has 1 heterocycles. The molecule has 0 atom stereocenters. The van der Waals surface area contributed by atoms with Crippen LogP contribution in [-0.2, 0) is 11.2 Å². The molecule has 0 N–H and O–H groups in total. The van der Waals surface area contributed by atoms with E-state index < -0.39 is 0 Å². The number of methoxy groups -OCH3 is 1. The summed E-state index contributed by atoms with van der Waals surface area (Å²) in [5, 5.41) is 0. The van der Waals surface area contributed by atoms with Gasteiger partial charge in [0.25, 0.3) is 0 Å². The molecule has 4 rings (SSSR count). The third-order valence-electron chi connectivity index (χ3n) is 6.43. The number of aryl methyl sites for hydroxylation is 2. The van der Waals surface area contributed by atoms with E-state index in [1.54, 1.807) is 7.11 Å². The maximum Gasteiger partial charge on any atom is 0.162 e. The van der Waals surface area contributed by atoms with E-state index in [-0.39, 0.29) is 5.78 Å². The highest BCUT2D eigenvalue weighted by molar-refractivity contribution is 5.96. The molecule has 35 heavy (non-hydrogen) atoms. The fourth-order valence-electron chi connectivity index (χ4n) is 4.36. The Morgan fingerprint density at radius 1 is 0.943 bits per heavy atom. The van der Waals surface area contributed by atoms with Gasteiger partial charge in [-0.15, -0.1) is 0 Å². The molecule has 0 aliphatic carbocycles. The lowest BCUT2D eigenvalue weighted by Crippen LogP contribution is -2.38. The molecule has 5 heteroatoms. The van der Waals surface area contributed by atoms with Gasteiger partial charge < -0.3 is 14.2 Å². The molecule has 3 aromatic rings. The number of carbonyl (C=O) groups excluding carboxylic acids is 1. The van der Waals surface area contributed by atoms with Crippen LogP contribution in [0.4, 0.5) is 0 Å². The molecule has 3 aromatic carbocycles. The standard InChI is InChI=1S/C30H35NO4/c1-23-5-3-7-27(21-23)28(32)8-4-6-24-9-11-25(12-10-24)26-13-14-29(30(22-26)33-2)35-20-17-31-15-18-34-19-16-31/h3,5,7,9-14,21-22H,4,6,8,15-20H2,1-2H3. The summed E-state index contributed by atoms with van der Waals surface area (Å²) in [7, 11) is 1.68. The van der Waals surface area contributed by atoms with Crippen molar-refractivity contribution < 1.29 is 19.0 Å². The van der Waals surface area contributed by atoms with E-state index in [9.17, 15) is 4.79 Å². The molecule has 0 spiro atoms. The minimum absolute atomic E-state index is 0.213. The molecule has 1 aliphatic heterocycles. The zero-order valence-electron chi connectivity index (χ0n) is 20.8. The lowest BCUT2D eigenvalue weighted by atomic mass is 9.99. The number of Topliss-reactive ketones (excluding diaryl/α,β-unsaturated/α-hetero) is 1. The monoisotopic (exact) mass is 473 g/mol. The molecule has 1 fully saturated rings. The molecule has 5 nitrogen and oxygen atoms in total. The number of rotatable bonds is 11. The predicted molar refractivity (Wildman–Crippen MR) is 140 cm³/mol. The number of hydrogen-bond acceptors (Lipinski definition) is 5. The second-order valence-corrected chi connectivity index (χ2v) is 9.01. The molecule has 0 amide bonds. The van der Waals surface area contributed by atoms with Crippen molar-refractivity contribution in [2.24, 2.45) is 0 Å². The second kappa shape index (κ2) is 12.5. The molecule has 0 bridgehead atoms. The van der Waals surface area contributed by atoms with Crippen molar-refractivity contribution in [2.75, 3.05) is 46.6 Å². The molecular formula is C30H35NO4. The van der Waals surface area contributed by atoms with Gasteiger partial charge in [0, 0.05) is 31.6 Å². The Morgan fingerprint density at radius 3 is 2.46 bits per heavy atom. The van der Waals surface area contributed by atoms with Crippen LogP contribution in [0.2, 0.25) is 0 Å². The highest BCUT2D eigenvalue weighted by atomic mass is 16.5. The van der Waals surface area contributed by atoms with Crippen LogP contribution in [0.1, 0.15) is 34.3 Å². The van der Waals surface area contributed by atoms with Gasteiger partial charge in [0.1, 0.15) is 6.61 Å². The third-order valence-corrected chi connectivity index (χ3v) is 6.43. The van der Waals surface area contributed by atoms with Crippen LogP contribution >= 0.6 is 0 Å². The molecule has 0 radical (unpaired) electrons. The van der Waals surface area contributed by atoms with Crippen LogP contribution in [0.3, 0.4) is 0 Å². The molecule has 0 aromatic heterocycles. The van der Waals surface area contributed by atoms with E-state index in [4.69, 9.17) is 14.2 Å². The van der Waals surface area contributed by atoms with Crippen LogP contribution in [0, 0.1) is 6.92 Å². The second-order valence-electron chi connectivity index (χ2n) is 9.01. The molecule has 0 unspecified atom stereocenters. The topological polar surface area (TPSA) is 48.0 Å². The van der Waals surface area contributed by atoms with Crippen LogP contribution < -0.4 is 9.47 Å². The average Bonchev–Trinajstić information content (AvgIpc) is 2.90. The maximum atomic E-state index is 12.4. The van der Waals surface area contributed by atoms with Crippen molar-refractivity contribution in [3.8, 4) is 22.6 Å². The van der Waals surface area contributed by atoms with Gasteiger partial charge in [0.2, 0.25) is 0 Å². The summed E-state index contributed by atoms with van der Waals surface area (Å²) in [5.74, 6) is 1.72. The van der Waals surface area contributed by atoms with Crippen LogP contribution in [0.15, 0.2) is 66.7 Å². The molecule has 0 saturated carbocycles. The number of ketones is 1. The minimum Gasteiger partial charge on any atom is -0.493 e. The summed E-state index contributed by atoms with van der Waals surface area (Å²) < 4.78 is 17.0. The maximum absolute atomic E-state index is 12.4. The van der Waals surface area contributed by atoms with Gasteiger partial charge in [-0.3, -0.25) is 9.69 Å². The van der Waals surface area contributed by atoms with E-state index in [0.717, 1.165) is 79.4 Å². The van der Waals surface area contributed by atoms with Gasteiger partial charge in [0.15, 0.2) is 17.3 Å². The van der Waals surface area contributed by atoms with Crippen molar-refractivity contribution in [3.63, 3.8) is 0 Å². The summed E-state index contributed by atoms with van der Waals surface area (Å²) in [4.78, 5) is 14.8. The van der Waals surface area contributed by atoms with Gasteiger partial charge in [0.05, 0.1) is 20.3 Å². The number of carbonyl (C=O) groups is 1. The van der Waals surface area contributed by atoms with Gasteiger partial charge in [-0.1, -0.05) is 54.1 Å². The summed E-state index contributed by atoms with van der Waals surface area (Å²) in [6.45, 7) is 7.02. The number of hydrogen-bond donors (Lipinski definition) is 0. The Kier molecular flexibility index (Phi) is 8.93. The normalized spacial score (nSPS) is 14.0. The van der Waals surface area contributed by atoms with Crippen LogP contribution in [-0.4, -0.2) is 57.2 Å². The summed E-state index contributed by atoms with van der Waals surface area (Å²) >= 11 is 0. The zero-order chi connectivity index (χ0) is 24.5. The third kappa shape index (κ3) is 7.17. The van der Waals surface area contributed by atoms with Crippen molar-refractivity contribution in [2.45, 2.75) is 26.2 Å². The fourth-order valence-corrected chi connectivity index (χ4v) is 4.36. The zero-order valence-corrected chi connectivity index (χ0v) is 20.8. The molecule has 1 saturated heterocycles. The van der Waals surface area contributed by atoms with Crippen molar-refractivity contribution in [1.82, 2.24) is 4.90 Å². The minimum atomic E-state index is 0.213. The highest BCUT2D eigenvalue weighted by Gasteiger charge is 2.12. The summed E-state index contributed by atoms with van der Waals surface area (Å²) in [6, 6.07) is 22.5. The van der Waals surface area contributed by atoms with Gasteiger partial charge in [-0.05, 0) is 54.7 Å². The smallest absolute Gasteiger partial charge is 0.162 e.